The molecule has 108 valence electrons. The van der Waals surface area contributed by atoms with E-state index in [0.717, 1.165) is 24.2 Å². The zero-order chi connectivity index (χ0) is 14.8. The van der Waals surface area contributed by atoms with E-state index in [1.54, 1.807) is 0 Å². The highest BCUT2D eigenvalue weighted by Gasteiger charge is 2.27. The first-order valence-electron chi connectivity index (χ1n) is 8.01. The zero-order valence-corrected chi connectivity index (χ0v) is 12.6. The molecule has 0 atom stereocenters. The van der Waals surface area contributed by atoms with Crippen molar-refractivity contribution in [2.24, 2.45) is 0 Å². The van der Waals surface area contributed by atoms with Crippen LogP contribution in [-0.4, -0.2) is 0 Å². The van der Waals surface area contributed by atoms with Gasteiger partial charge in [0.1, 0.15) is 0 Å². The molecule has 22 heavy (non-hydrogen) atoms. The molecule has 1 heterocycles. The number of benzene rings is 2. The summed E-state index contributed by atoms with van der Waals surface area (Å²) in [4.78, 5) is 0. The molecule has 0 aliphatic heterocycles. The zero-order valence-electron chi connectivity index (χ0n) is 12.6. The topological polar surface area (TPSA) is 11.3 Å². The van der Waals surface area contributed by atoms with Crippen molar-refractivity contribution in [1.82, 2.24) is 0 Å². The van der Waals surface area contributed by atoms with Crippen LogP contribution in [0, 0.1) is 0 Å². The van der Waals surface area contributed by atoms with Gasteiger partial charge in [-0.1, -0.05) is 48.5 Å². The van der Waals surface area contributed by atoms with Crippen LogP contribution < -0.4 is 0 Å². The van der Waals surface area contributed by atoms with Crippen LogP contribution in [0.25, 0.3) is 22.5 Å². The molecular formula is C21H19O+. The fourth-order valence-electron chi connectivity index (χ4n) is 3.28. The van der Waals surface area contributed by atoms with Crippen LogP contribution in [0.5, 0.6) is 0 Å². The fourth-order valence-corrected chi connectivity index (χ4v) is 3.28. The van der Waals surface area contributed by atoms with Crippen molar-refractivity contribution in [1.29, 1.82) is 0 Å². The summed E-state index contributed by atoms with van der Waals surface area (Å²) in [5.41, 5.74) is 5.17. The fraction of sp³-hybridized carbons (Fsp3) is 0.190. The van der Waals surface area contributed by atoms with Gasteiger partial charge in [0, 0.05) is 5.56 Å². The Labute approximate surface area is 131 Å². The van der Waals surface area contributed by atoms with Crippen LogP contribution in [-0.2, 0) is 12.8 Å². The molecule has 3 aromatic rings. The van der Waals surface area contributed by atoms with E-state index < -0.39 is 0 Å². The molecule has 0 radical (unpaired) electrons. The Hall–Kier alpha value is -2.41. The van der Waals surface area contributed by atoms with Gasteiger partial charge in [0.15, 0.2) is 0 Å². The molecule has 1 heteroatoms. The third kappa shape index (κ3) is 2.43. The standard InChI is InChI=1S/C21H19O/c1-3-9-16(10-4-1)19-15-21(17-11-5-2-6-12-17)22-20-14-8-7-13-18(19)20/h1-6,9-12,15H,7-8,13-14H2/q+1. The van der Waals surface area contributed by atoms with Crippen molar-refractivity contribution < 1.29 is 4.42 Å². The van der Waals surface area contributed by atoms with Crippen LogP contribution in [0.1, 0.15) is 24.2 Å². The maximum Gasteiger partial charge on any atom is 0.360 e. The number of fused-ring (bicyclic) bond motifs is 1. The minimum atomic E-state index is 0.972. The highest BCUT2D eigenvalue weighted by molar-refractivity contribution is 5.73. The average molecular weight is 287 g/mol. The normalized spacial score (nSPS) is 13.6. The van der Waals surface area contributed by atoms with Crippen molar-refractivity contribution in [3.8, 4) is 22.5 Å². The lowest BCUT2D eigenvalue weighted by Crippen LogP contribution is -2.05. The summed E-state index contributed by atoms with van der Waals surface area (Å²) in [5.74, 6) is 2.14. The van der Waals surface area contributed by atoms with Crippen molar-refractivity contribution in [2.45, 2.75) is 25.7 Å². The van der Waals surface area contributed by atoms with Crippen molar-refractivity contribution in [3.63, 3.8) is 0 Å². The summed E-state index contributed by atoms with van der Waals surface area (Å²) < 4.78 is 6.25. The molecule has 0 unspecified atom stereocenters. The molecule has 0 N–H and O–H groups in total. The molecular weight excluding hydrogens is 268 g/mol. The van der Waals surface area contributed by atoms with Crippen LogP contribution in [0.4, 0.5) is 0 Å². The number of hydrogen-bond acceptors (Lipinski definition) is 0. The monoisotopic (exact) mass is 287 g/mol. The molecule has 0 amide bonds. The van der Waals surface area contributed by atoms with E-state index in [1.807, 2.05) is 6.07 Å². The lowest BCUT2D eigenvalue weighted by molar-refractivity contribution is 0.466. The predicted molar refractivity (Wildman–Crippen MR) is 90.6 cm³/mol. The van der Waals surface area contributed by atoms with Gasteiger partial charge < -0.3 is 0 Å². The molecule has 1 aliphatic carbocycles. The van der Waals surface area contributed by atoms with Crippen LogP contribution in [0.15, 0.2) is 71.1 Å². The first-order valence-corrected chi connectivity index (χ1v) is 8.01. The molecule has 0 saturated carbocycles. The summed E-state index contributed by atoms with van der Waals surface area (Å²) in [6.45, 7) is 0. The smallest absolute Gasteiger partial charge is 0.212 e. The van der Waals surface area contributed by atoms with E-state index >= 15 is 0 Å². The van der Waals surface area contributed by atoms with Gasteiger partial charge >= 0.3 is 11.5 Å². The lowest BCUT2D eigenvalue weighted by Gasteiger charge is -2.13. The Bertz CT molecular complexity index is 776. The van der Waals surface area contributed by atoms with Crippen molar-refractivity contribution in [3.05, 3.63) is 78.1 Å². The van der Waals surface area contributed by atoms with E-state index in [4.69, 9.17) is 4.42 Å². The second kappa shape index (κ2) is 5.76. The summed E-state index contributed by atoms with van der Waals surface area (Å²) in [6.07, 6.45) is 4.66. The highest BCUT2D eigenvalue weighted by Crippen LogP contribution is 2.36. The molecule has 0 fully saturated rings. The van der Waals surface area contributed by atoms with Crippen molar-refractivity contribution in [2.75, 3.05) is 0 Å². The number of rotatable bonds is 2. The second-order valence-electron chi connectivity index (χ2n) is 5.87. The van der Waals surface area contributed by atoms with Crippen LogP contribution in [0.2, 0.25) is 0 Å². The number of hydrogen-bond donors (Lipinski definition) is 0. The van der Waals surface area contributed by atoms with Gasteiger partial charge in [0.25, 0.3) is 0 Å². The largest absolute Gasteiger partial charge is 0.360 e. The SMILES string of the molecule is c1ccc(-c2cc(-c3ccccc3)c3c([o+]2)CCCC3)cc1. The summed E-state index contributed by atoms with van der Waals surface area (Å²) >= 11 is 0. The highest BCUT2D eigenvalue weighted by atomic mass is 16.3. The maximum absolute atomic E-state index is 6.25. The van der Waals surface area contributed by atoms with E-state index in [0.29, 0.717) is 0 Å². The molecule has 2 aromatic carbocycles. The predicted octanol–water partition coefficient (Wildman–Crippen LogP) is 5.77. The molecule has 1 aliphatic rings. The first-order chi connectivity index (χ1) is 10.9. The van der Waals surface area contributed by atoms with E-state index in [9.17, 15) is 0 Å². The third-order valence-corrected chi connectivity index (χ3v) is 4.39. The Balaban J connectivity index is 1.92. The lowest BCUT2D eigenvalue weighted by atomic mass is 9.89. The summed E-state index contributed by atoms with van der Waals surface area (Å²) in [6, 6.07) is 23.3. The minimum Gasteiger partial charge on any atom is -0.212 e. The molecule has 4 rings (SSSR count). The van der Waals surface area contributed by atoms with Gasteiger partial charge in [-0.25, -0.2) is 4.42 Å². The van der Waals surface area contributed by atoms with E-state index in [1.165, 1.54) is 35.3 Å². The Morgan fingerprint density at radius 1 is 0.682 bits per heavy atom. The molecule has 1 nitrogen and oxygen atoms in total. The van der Waals surface area contributed by atoms with E-state index in [-0.39, 0.29) is 0 Å². The van der Waals surface area contributed by atoms with Gasteiger partial charge in [0.2, 0.25) is 0 Å². The van der Waals surface area contributed by atoms with Gasteiger partial charge in [-0.2, -0.15) is 0 Å². The molecule has 0 spiro atoms. The second-order valence-corrected chi connectivity index (χ2v) is 5.87. The van der Waals surface area contributed by atoms with Crippen molar-refractivity contribution >= 4 is 0 Å². The Morgan fingerprint density at radius 2 is 1.32 bits per heavy atom. The third-order valence-electron chi connectivity index (χ3n) is 4.39. The molecule has 1 aromatic heterocycles. The molecule has 0 bridgehead atoms. The number of aryl methyl sites for hydroxylation is 1. The Morgan fingerprint density at radius 3 is 2.05 bits per heavy atom. The summed E-state index contributed by atoms with van der Waals surface area (Å²) in [5, 5.41) is 0. The van der Waals surface area contributed by atoms with Gasteiger partial charge in [0.05, 0.1) is 23.6 Å². The quantitative estimate of drug-likeness (QED) is 0.544. The van der Waals surface area contributed by atoms with Gasteiger partial charge in [-0.3, -0.25) is 0 Å². The van der Waals surface area contributed by atoms with Crippen LogP contribution in [0.3, 0.4) is 0 Å². The van der Waals surface area contributed by atoms with Gasteiger partial charge in [-0.05, 0) is 37.0 Å². The first kappa shape index (κ1) is 13.3. The van der Waals surface area contributed by atoms with E-state index in [2.05, 4.69) is 60.7 Å². The maximum atomic E-state index is 6.25. The van der Waals surface area contributed by atoms with Gasteiger partial charge in [-0.15, -0.1) is 0 Å². The van der Waals surface area contributed by atoms with Crippen LogP contribution >= 0.6 is 0 Å². The minimum absolute atomic E-state index is 0.972. The molecule has 0 saturated heterocycles. The average Bonchev–Trinajstić information content (AvgIpc) is 2.62. The summed E-state index contributed by atoms with van der Waals surface area (Å²) in [7, 11) is 0. The Kier molecular flexibility index (Phi) is 3.48.